The molecule has 0 atom stereocenters. The van der Waals surface area contributed by atoms with Crippen molar-refractivity contribution in [2.45, 2.75) is 24.9 Å². The average molecular weight is 347 g/mol. The Hall–Kier alpha value is -2.90. The fraction of sp³-hybridized carbons (Fsp3) is 0.235. The maximum Gasteiger partial charge on any atom is 0.416 e. The Bertz CT molecular complexity index is 970. The second-order valence-electron chi connectivity index (χ2n) is 5.86. The molecule has 3 aromatic rings. The van der Waals surface area contributed by atoms with Crippen LogP contribution in [0.25, 0.3) is 17.1 Å². The van der Waals surface area contributed by atoms with Gasteiger partial charge in [-0.1, -0.05) is 12.1 Å². The summed E-state index contributed by atoms with van der Waals surface area (Å²) in [7, 11) is 0. The van der Waals surface area contributed by atoms with E-state index in [4.69, 9.17) is 4.42 Å². The van der Waals surface area contributed by atoms with Crippen LogP contribution in [-0.2, 0) is 6.18 Å². The highest BCUT2D eigenvalue weighted by Crippen LogP contribution is 2.38. The molecule has 1 aliphatic carbocycles. The topological polar surface area (TPSA) is 60.9 Å². The quantitative estimate of drug-likeness (QED) is 0.723. The molecule has 0 radical (unpaired) electrons. The van der Waals surface area contributed by atoms with Crippen molar-refractivity contribution in [3.63, 3.8) is 0 Å². The molecule has 0 saturated heterocycles. The molecule has 1 aliphatic rings. The van der Waals surface area contributed by atoms with E-state index in [1.807, 2.05) is 0 Å². The van der Waals surface area contributed by atoms with E-state index in [9.17, 15) is 18.0 Å². The molecule has 0 amide bonds. The Morgan fingerprint density at radius 3 is 2.44 bits per heavy atom. The van der Waals surface area contributed by atoms with Crippen LogP contribution < -0.4 is 5.69 Å². The van der Waals surface area contributed by atoms with Gasteiger partial charge in [0.05, 0.1) is 11.3 Å². The van der Waals surface area contributed by atoms with E-state index in [1.165, 1.54) is 16.7 Å². The Morgan fingerprint density at radius 1 is 1.12 bits per heavy atom. The van der Waals surface area contributed by atoms with E-state index in [-0.39, 0.29) is 11.6 Å². The van der Waals surface area contributed by atoms with Crippen molar-refractivity contribution in [3.05, 3.63) is 64.7 Å². The van der Waals surface area contributed by atoms with Crippen LogP contribution in [0.3, 0.4) is 0 Å². The number of alkyl halides is 3. The number of nitrogens with zero attached hydrogens (tertiary/aromatic N) is 3. The Morgan fingerprint density at radius 2 is 1.84 bits per heavy atom. The van der Waals surface area contributed by atoms with Gasteiger partial charge in [-0.15, -0.1) is 0 Å². The van der Waals surface area contributed by atoms with Crippen LogP contribution in [0.4, 0.5) is 13.2 Å². The Kier molecular flexibility index (Phi) is 3.48. The molecule has 0 spiro atoms. The summed E-state index contributed by atoms with van der Waals surface area (Å²) < 4.78 is 44.6. The molecule has 0 unspecified atom stereocenters. The fourth-order valence-electron chi connectivity index (χ4n) is 2.60. The smallest absolute Gasteiger partial charge is 0.416 e. The molecule has 25 heavy (non-hydrogen) atoms. The van der Waals surface area contributed by atoms with E-state index < -0.39 is 17.4 Å². The molecular weight excluding hydrogens is 335 g/mol. The lowest BCUT2D eigenvalue weighted by Crippen LogP contribution is -2.22. The zero-order valence-corrected chi connectivity index (χ0v) is 12.8. The van der Waals surface area contributed by atoms with Crippen molar-refractivity contribution >= 4 is 0 Å². The first kappa shape index (κ1) is 15.6. The molecule has 2 heterocycles. The molecule has 8 heteroatoms. The van der Waals surface area contributed by atoms with Crippen LogP contribution in [0.1, 0.15) is 30.0 Å². The monoisotopic (exact) mass is 347 g/mol. The molecule has 1 fully saturated rings. The third-order valence-corrected chi connectivity index (χ3v) is 4.07. The van der Waals surface area contributed by atoms with Gasteiger partial charge in [-0.2, -0.15) is 23.1 Å². The average Bonchev–Trinajstić information content (AvgIpc) is 3.32. The van der Waals surface area contributed by atoms with Crippen molar-refractivity contribution in [2.24, 2.45) is 0 Å². The highest BCUT2D eigenvalue weighted by Gasteiger charge is 2.30. The zero-order chi connectivity index (χ0) is 17.6. The number of rotatable bonds is 3. The van der Waals surface area contributed by atoms with Gasteiger partial charge in [0.2, 0.25) is 0 Å². The van der Waals surface area contributed by atoms with E-state index in [1.54, 1.807) is 12.3 Å². The molecular formula is C17H12F3N3O2. The summed E-state index contributed by atoms with van der Waals surface area (Å²) in [6.45, 7) is 0. The number of hydrogen-bond donors (Lipinski definition) is 0. The van der Waals surface area contributed by atoms with Crippen LogP contribution in [0.15, 0.2) is 52.1 Å². The molecule has 128 valence electrons. The van der Waals surface area contributed by atoms with Crippen LogP contribution in [0.2, 0.25) is 0 Å². The minimum atomic E-state index is -4.41. The van der Waals surface area contributed by atoms with Crippen LogP contribution in [-0.4, -0.2) is 14.5 Å². The molecule has 5 nitrogen and oxygen atoms in total. The first-order chi connectivity index (χ1) is 11.9. The van der Waals surface area contributed by atoms with Gasteiger partial charge in [0.1, 0.15) is 0 Å². The molecule has 2 aromatic heterocycles. The Balaban J connectivity index is 1.72. The van der Waals surface area contributed by atoms with Gasteiger partial charge in [0.15, 0.2) is 18.0 Å². The molecule has 0 bridgehead atoms. The lowest BCUT2D eigenvalue weighted by molar-refractivity contribution is -0.137. The minimum Gasteiger partial charge on any atom is -0.441 e. The van der Waals surface area contributed by atoms with Gasteiger partial charge in [0, 0.05) is 17.7 Å². The van der Waals surface area contributed by atoms with Crippen molar-refractivity contribution < 1.29 is 17.6 Å². The van der Waals surface area contributed by atoms with E-state index in [0.717, 1.165) is 37.1 Å². The molecule has 4 rings (SSSR count). The highest BCUT2D eigenvalue weighted by atomic mass is 19.4. The van der Waals surface area contributed by atoms with Crippen molar-refractivity contribution in [1.82, 2.24) is 14.5 Å². The number of benzene rings is 1. The van der Waals surface area contributed by atoms with Crippen molar-refractivity contribution in [1.29, 1.82) is 0 Å². The van der Waals surface area contributed by atoms with Gasteiger partial charge >= 0.3 is 11.9 Å². The SMILES string of the molecule is O=c1nc(C2CC2)ccn1-c1ncoc1-c1ccc(C(F)(F)F)cc1. The fourth-order valence-corrected chi connectivity index (χ4v) is 2.60. The zero-order valence-electron chi connectivity index (χ0n) is 12.8. The third kappa shape index (κ3) is 2.95. The second-order valence-corrected chi connectivity index (χ2v) is 5.86. The number of halogens is 3. The van der Waals surface area contributed by atoms with Gasteiger partial charge < -0.3 is 4.42 Å². The molecule has 0 N–H and O–H groups in total. The van der Waals surface area contributed by atoms with Crippen LogP contribution >= 0.6 is 0 Å². The second kappa shape index (κ2) is 5.58. The van der Waals surface area contributed by atoms with Gasteiger partial charge in [-0.05, 0) is 31.0 Å². The third-order valence-electron chi connectivity index (χ3n) is 4.07. The molecule has 1 aromatic carbocycles. The normalized spacial score (nSPS) is 14.7. The lowest BCUT2D eigenvalue weighted by Gasteiger charge is -2.08. The summed E-state index contributed by atoms with van der Waals surface area (Å²) >= 11 is 0. The maximum absolute atomic E-state index is 12.7. The van der Waals surface area contributed by atoms with E-state index in [2.05, 4.69) is 9.97 Å². The molecule has 0 aliphatic heterocycles. The van der Waals surface area contributed by atoms with Crippen molar-refractivity contribution in [2.75, 3.05) is 0 Å². The first-order valence-corrected chi connectivity index (χ1v) is 7.64. The van der Waals surface area contributed by atoms with Crippen LogP contribution in [0, 0.1) is 0 Å². The summed E-state index contributed by atoms with van der Waals surface area (Å²) in [5.41, 5.74) is -0.115. The minimum absolute atomic E-state index is 0.194. The summed E-state index contributed by atoms with van der Waals surface area (Å²) in [6, 6.07) is 6.23. The summed E-state index contributed by atoms with van der Waals surface area (Å²) in [5, 5.41) is 0. The standard InChI is InChI=1S/C17H12F3N3O2/c18-17(19,20)12-5-3-11(4-6-12)14-15(21-9-25-14)23-8-7-13(10-1-2-10)22-16(23)24/h3-10H,1-2H2. The first-order valence-electron chi connectivity index (χ1n) is 7.64. The largest absolute Gasteiger partial charge is 0.441 e. The molecule has 1 saturated carbocycles. The maximum atomic E-state index is 12.7. The van der Waals surface area contributed by atoms with Gasteiger partial charge in [0.25, 0.3) is 0 Å². The van der Waals surface area contributed by atoms with E-state index in [0.29, 0.717) is 11.5 Å². The van der Waals surface area contributed by atoms with Crippen LogP contribution in [0.5, 0.6) is 0 Å². The predicted molar refractivity (Wildman–Crippen MR) is 82.3 cm³/mol. The predicted octanol–water partition coefficient (Wildman–Crippen LogP) is 3.78. The number of aromatic nitrogens is 3. The summed E-state index contributed by atoms with van der Waals surface area (Å²) in [4.78, 5) is 20.3. The summed E-state index contributed by atoms with van der Waals surface area (Å²) in [5.74, 6) is 0.741. The van der Waals surface area contributed by atoms with Gasteiger partial charge in [-0.25, -0.2) is 9.36 Å². The Labute approximate surface area is 139 Å². The summed E-state index contributed by atoms with van der Waals surface area (Å²) in [6.07, 6.45) is 0.342. The lowest BCUT2D eigenvalue weighted by atomic mass is 10.1. The van der Waals surface area contributed by atoms with E-state index >= 15 is 0 Å². The number of hydrogen-bond acceptors (Lipinski definition) is 4. The van der Waals surface area contributed by atoms with Gasteiger partial charge in [-0.3, -0.25) is 0 Å². The number of oxazole rings is 1. The highest BCUT2D eigenvalue weighted by molar-refractivity contribution is 5.65. The van der Waals surface area contributed by atoms with Crippen molar-refractivity contribution in [3.8, 4) is 17.1 Å².